The molecule has 0 radical (unpaired) electrons. The molecule has 0 aliphatic carbocycles. The van der Waals surface area contributed by atoms with Gasteiger partial charge < -0.3 is 14.7 Å². The van der Waals surface area contributed by atoms with Crippen molar-refractivity contribution in [3.8, 4) is 0 Å². The molecule has 2 saturated heterocycles. The number of likely N-dealkylation sites (tertiary alicyclic amines) is 1. The zero-order valence-electron chi connectivity index (χ0n) is 19.4. The van der Waals surface area contributed by atoms with Crippen LogP contribution in [0.4, 0.5) is 0 Å². The first-order valence-electron chi connectivity index (χ1n) is 11.6. The normalized spacial score (nSPS) is 20.8. The van der Waals surface area contributed by atoms with Gasteiger partial charge in [0, 0.05) is 65.5 Å². The number of hydrogen-bond donors (Lipinski definition) is 1. The zero-order chi connectivity index (χ0) is 21.5. The number of nitrogens with zero attached hydrogens (tertiary/aromatic N) is 5. The van der Waals surface area contributed by atoms with Crippen molar-refractivity contribution in [2.75, 3.05) is 46.3 Å². The van der Waals surface area contributed by atoms with E-state index in [1.807, 2.05) is 13.1 Å². The summed E-state index contributed by atoms with van der Waals surface area (Å²) in [7, 11) is 1.87. The Hall–Kier alpha value is -1.65. The minimum atomic E-state index is 0. The molecule has 2 aliphatic rings. The second kappa shape index (κ2) is 12.6. The van der Waals surface area contributed by atoms with Crippen LogP contribution in [-0.2, 0) is 19.6 Å². The summed E-state index contributed by atoms with van der Waals surface area (Å²) in [6.45, 7) is 11.5. The highest BCUT2D eigenvalue weighted by molar-refractivity contribution is 14.0. The minimum absolute atomic E-state index is 0. The Labute approximate surface area is 209 Å². The summed E-state index contributed by atoms with van der Waals surface area (Å²) in [5.74, 6) is 1.81. The summed E-state index contributed by atoms with van der Waals surface area (Å²) >= 11 is 0. The van der Waals surface area contributed by atoms with Gasteiger partial charge in [-0.1, -0.05) is 36.3 Å². The first kappa shape index (κ1) is 25.0. The summed E-state index contributed by atoms with van der Waals surface area (Å²) in [5, 5.41) is 7.56. The first-order chi connectivity index (χ1) is 15.2. The van der Waals surface area contributed by atoms with Crippen molar-refractivity contribution in [3.05, 3.63) is 53.4 Å². The number of aliphatic imine (C=N–C) groups is 1. The van der Waals surface area contributed by atoms with Crippen LogP contribution < -0.4 is 5.32 Å². The van der Waals surface area contributed by atoms with Crippen LogP contribution in [-0.4, -0.2) is 72.1 Å². The Morgan fingerprint density at radius 2 is 1.78 bits per heavy atom. The van der Waals surface area contributed by atoms with Gasteiger partial charge in [-0.2, -0.15) is 0 Å². The molecule has 1 atom stereocenters. The van der Waals surface area contributed by atoms with Crippen LogP contribution in [0.1, 0.15) is 36.6 Å². The predicted molar refractivity (Wildman–Crippen MR) is 139 cm³/mol. The highest BCUT2D eigenvalue weighted by Gasteiger charge is 2.20. The number of halogens is 1. The maximum absolute atomic E-state index is 4.94. The third-order valence-electron chi connectivity index (χ3n) is 6.38. The van der Waals surface area contributed by atoms with E-state index in [1.54, 1.807) is 6.26 Å². The van der Waals surface area contributed by atoms with Crippen LogP contribution in [0.2, 0.25) is 0 Å². The fourth-order valence-corrected chi connectivity index (χ4v) is 4.63. The lowest BCUT2D eigenvalue weighted by Crippen LogP contribution is -2.52. The molecule has 8 heteroatoms. The minimum Gasteiger partial charge on any atom is -0.364 e. The van der Waals surface area contributed by atoms with E-state index < -0.39 is 0 Å². The molecular weight excluding hydrogens is 515 g/mol. The molecule has 0 bridgehead atoms. The topological polar surface area (TPSA) is 60.1 Å². The predicted octanol–water partition coefficient (Wildman–Crippen LogP) is 3.42. The number of hydrogen-bond acceptors (Lipinski definition) is 5. The van der Waals surface area contributed by atoms with Gasteiger partial charge in [0.1, 0.15) is 6.26 Å². The van der Waals surface area contributed by atoms with Crippen LogP contribution in [0.3, 0.4) is 0 Å². The molecule has 0 amide bonds. The van der Waals surface area contributed by atoms with Crippen LogP contribution in [0.5, 0.6) is 0 Å². The number of piperidine rings is 1. The Balaban J connectivity index is 0.00000289. The summed E-state index contributed by atoms with van der Waals surface area (Å²) in [4.78, 5) is 11.8. The Bertz CT molecular complexity index is 818. The van der Waals surface area contributed by atoms with Crippen molar-refractivity contribution in [2.45, 2.75) is 39.4 Å². The number of piperazine rings is 1. The highest BCUT2D eigenvalue weighted by atomic mass is 127. The van der Waals surface area contributed by atoms with Crippen molar-refractivity contribution in [2.24, 2.45) is 10.9 Å². The lowest BCUT2D eigenvalue weighted by Gasteiger charge is -2.36. The van der Waals surface area contributed by atoms with E-state index in [0.29, 0.717) is 0 Å². The number of benzene rings is 1. The van der Waals surface area contributed by atoms with Crippen LogP contribution in [0.25, 0.3) is 0 Å². The molecule has 7 nitrogen and oxygen atoms in total. The number of nitrogens with one attached hydrogen (secondary N) is 1. The van der Waals surface area contributed by atoms with E-state index in [0.717, 1.165) is 63.4 Å². The molecule has 2 aromatic rings. The van der Waals surface area contributed by atoms with Crippen LogP contribution in [0.15, 0.2) is 46.1 Å². The monoisotopic (exact) mass is 552 g/mol. The van der Waals surface area contributed by atoms with Gasteiger partial charge in [-0.3, -0.25) is 14.8 Å². The quantitative estimate of drug-likeness (QED) is 0.337. The van der Waals surface area contributed by atoms with Gasteiger partial charge in [0.15, 0.2) is 5.96 Å². The maximum Gasteiger partial charge on any atom is 0.194 e. The molecule has 3 heterocycles. The van der Waals surface area contributed by atoms with Crippen molar-refractivity contribution >= 4 is 29.9 Å². The van der Waals surface area contributed by atoms with Crippen LogP contribution >= 0.6 is 24.0 Å². The molecule has 1 N–H and O–H groups in total. The summed E-state index contributed by atoms with van der Waals surface area (Å²) < 4.78 is 4.94. The molecule has 1 aromatic heterocycles. The van der Waals surface area contributed by atoms with Gasteiger partial charge in [0.05, 0.1) is 5.69 Å². The van der Waals surface area contributed by atoms with E-state index in [-0.39, 0.29) is 24.0 Å². The van der Waals surface area contributed by atoms with Gasteiger partial charge in [-0.15, -0.1) is 24.0 Å². The highest BCUT2D eigenvalue weighted by Crippen LogP contribution is 2.18. The molecule has 2 aliphatic heterocycles. The lowest BCUT2D eigenvalue weighted by molar-refractivity contribution is 0.169. The Morgan fingerprint density at radius 3 is 2.44 bits per heavy atom. The van der Waals surface area contributed by atoms with Crippen LogP contribution in [0, 0.1) is 5.92 Å². The third-order valence-corrected chi connectivity index (χ3v) is 6.38. The molecule has 2 fully saturated rings. The Kier molecular flexibility index (Phi) is 9.80. The zero-order valence-corrected chi connectivity index (χ0v) is 21.7. The molecule has 0 saturated carbocycles. The van der Waals surface area contributed by atoms with E-state index in [9.17, 15) is 0 Å². The van der Waals surface area contributed by atoms with E-state index in [4.69, 9.17) is 4.52 Å². The molecule has 32 heavy (non-hydrogen) atoms. The second-order valence-electron chi connectivity index (χ2n) is 8.95. The molecule has 1 unspecified atom stereocenters. The summed E-state index contributed by atoms with van der Waals surface area (Å²) in [6, 6.07) is 11.0. The molecule has 0 spiro atoms. The van der Waals surface area contributed by atoms with E-state index in [2.05, 4.69) is 61.4 Å². The number of guanidine groups is 1. The maximum atomic E-state index is 4.94. The smallest absolute Gasteiger partial charge is 0.194 e. The van der Waals surface area contributed by atoms with Crippen molar-refractivity contribution < 1.29 is 4.52 Å². The summed E-state index contributed by atoms with van der Waals surface area (Å²) in [5.41, 5.74) is 3.70. The van der Waals surface area contributed by atoms with E-state index in [1.165, 1.54) is 37.1 Å². The lowest BCUT2D eigenvalue weighted by atomic mass is 9.99. The van der Waals surface area contributed by atoms with Gasteiger partial charge >= 0.3 is 0 Å². The molecular formula is C24H37IN6O. The Morgan fingerprint density at radius 1 is 1.03 bits per heavy atom. The van der Waals surface area contributed by atoms with Gasteiger partial charge in [0.2, 0.25) is 0 Å². The molecule has 1 aromatic carbocycles. The standard InChI is InChI=1S/C24H36N6O.HI/c1-20-4-3-10-29(17-20)18-22-7-5-21(6-8-22)16-26-24(25-2)30-13-11-28(12-14-30)19-23-9-15-31-27-23;/h5-9,15,20H,3-4,10-14,16-19H2,1-2H3,(H,25,26);1H. The number of rotatable bonds is 6. The fraction of sp³-hybridized carbons (Fsp3) is 0.583. The average Bonchev–Trinajstić information content (AvgIpc) is 3.29. The first-order valence-corrected chi connectivity index (χ1v) is 11.6. The largest absolute Gasteiger partial charge is 0.364 e. The van der Waals surface area contributed by atoms with Crippen molar-refractivity contribution in [1.29, 1.82) is 0 Å². The van der Waals surface area contributed by atoms with Gasteiger partial charge in [0.25, 0.3) is 0 Å². The third kappa shape index (κ3) is 7.18. The van der Waals surface area contributed by atoms with Gasteiger partial charge in [-0.05, 0) is 36.4 Å². The molecule has 4 rings (SSSR count). The second-order valence-corrected chi connectivity index (χ2v) is 8.95. The van der Waals surface area contributed by atoms with Gasteiger partial charge in [-0.25, -0.2) is 0 Å². The fourth-order valence-electron chi connectivity index (χ4n) is 4.63. The van der Waals surface area contributed by atoms with E-state index >= 15 is 0 Å². The van der Waals surface area contributed by atoms with Crippen molar-refractivity contribution in [1.82, 2.24) is 25.2 Å². The van der Waals surface area contributed by atoms with Crippen molar-refractivity contribution in [3.63, 3.8) is 0 Å². The SMILES string of the molecule is CN=C(NCc1ccc(CN2CCCC(C)C2)cc1)N1CCN(Cc2ccon2)CC1.I. The number of aromatic nitrogens is 1. The molecule has 176 valence electrons. The summed E-state index contributed by atoms with van der Waals surface area (Å²) in [6.07, 6.45) is 4.34. The average molecular weight is 553 g/mol.